The van der Waals surface area contributed by atoms with E-state index in [1.54, 1.807) is 4.88 Å². The lowest BCUT2D eigenvalue weighted by atomic mass is 10.0. The second-order valence-electron chi connectivity index (χ2n) is 6.22. The Labute approximate surface area is 130 Å². The highest BCUT2D eigenvalue weighted by Crippen LogP contribution is 2.34. The minimum absolute atomic E-state index is 0.513. The van der Waals surface area contributed by atoms with Crippen molar-refractivity contribution in [1.29, 1.82) is 0 Å². The maximum absolute atomic E-state index is 5.69. The largest absolute Gasteiger partial charge is 0.468 e. The van der Waals surface area contributed by atoms with E-state index in [9.17, 15) is 0 Å². The van der Waals surface area contributed by atoms with E-state index in [0.29, 0.717) is 6.04 Å². The highest BCUT2D eigenvalue weighted by molar-refractivity contribution is 7.10. The summed E-state index contributed by atoms with van der Waals surface area (Å²) in [5, 5.41) is 5.78. The molecule has 21 heavy (non-hydrogen) atoms. The fourth-order valence-corrected chi connectivity index (χ4v) is 4.15. The van der Waals surface area contributed by atoms with Crippen LogP contribution in [-0.2, 0) is 19.5 Å². The van der Waals surface area contributed by atoms with Crippen LogP contribution >= 0.6 is 11.3 Å². The van der Waals surface area contributed by atoms with Crippen LogP contribution in [-0.4, -0.2) is 17.5 Å². The van der Waals surface area contributed by atoms with E-state index in [0.717, 1.165) is 31.4 Å². The smallest absolute Gasteiger partial charge is 0.122 e. The third-order valence-electron chi connectivity index (χ3n) is 4.74. The lowest BCUT2D eigenvalue weighted by molar-refractivity contribution is 0.190. The van der Waals surface area contributed by atoms with Gasteiger partial charge in [0.2, 0.25) is 0 Å². The zero-order valence-electron chi connectivity index (χ0n) is 12.5. The van der Waals surface area contributed by atoms with Crippen LogP contribution in [0.25, 0.3) is 0 Å². The molecular weight excluding hydrogens is 280 g/mol. The van der Waals surface area contributed by atoms with Gasteiger partial charge in [0.1, 0.15) is 5.76 Å². The highest BCUT2D eigenvalue weighted by Gasteiger charge is 2.26. The monoisotopic (exact) mass is 302 g/mol. The van der Waals surface area contributed by atoms with E-state index >= 15 is 0 Å². The van der Waals surface area contributed by atoms with Crippen molar-refractivity contribution < 1.29 is 4.42 Å². The fraction of sp³-hybridized carbons (Fsp3) is 0.529. The zero-order chi connectivity index (χ0) is 14.2. The van der Waals surface area contributed by atoms with E-state index < -0.39 is 0 Å². The van der Waals surface area contributed by atoms with Gasteiger partial charge in [0, 0.05) is 35.6 Å². The fourth-order valence-electron chi connectivity index (χ4n) is 3.18. The minimum Gasteiger partial charge on any atom is -0.468 e. The van der Waals surface area contributed by atoms with Crippen LogP contribution < -0.4 is 5.32 Å². The van der Waals surface area contributed by atoms with Crippen LogP contribution in [0.5, 0.6) is 0 Å². The molecule has 0 bridgehead atoms. The van der Waals surface area contributed by atoms with Gasteiger partial charge in [0.25, 0.3) is 0 Å². The molecule has 1 aliphatic carbocycles. The Morgan fingerprint density at radius 2 is 2.29 bits per heavy atom. The summed E-state index contributed by atoms with van der Waals surface area (Å²) in [7, 11) is 0. The number of nitrogens with zero attached hydrogens (tertiary/aromatic N) is 1. The predicted molar refractivity (Wildman–Crippen MR) is 85.4 cm³/mol. The summed E-state index contributed by atoms with van der Waals surface area (Å²) in [6.45, 7) is 5.34. The molecule has 0 aromatic carbocycles. The van der Waals surface area contributed by atoms with Gasteiger partial charge in [-0.3, -0.25) is 4.90 Å². The van der Waals surface area contributed by atoms with Gasteiger partial charge < -0.3 is 9.73 Å². The van der Waals surface area contributed by atoms with Crippen molar-refractivity contribution in [3.05, 3.63) is 45.5 Å². The molecule has 1 saturated carbocycles. The van der Waals surface area contributed by atoms with Crippen molar-refractivity contribution in [3.63, 3.8) is 0 Å². The molecule has 0 radical (unpaired) electrons. The maximum atomic E-state index is 5.69. The summed E-state index contributed by atoms with van der Waals surface area (Å²) in [6, 6.07) is 5.67. The Bertz CT molecular complexity index is 614. The molecule has 1 unspecified atom stereocenters. The van der Waals surface area contributed by atoms with Crippen LogP contribution in [0.3, 0.4) is 0 Å². The predicted octanol–water partition coefficient (Wildman–Crippen LogP) is 3.71. The first kappa shape index (κ1) is 13.6. The van der Waals surface area contributed by atoms with Crippen molar-refractivity contribution in [1.82, 2.24) is 10.2 Å². The SMILES string of the molecule is CC1c2ccsc2CCN1Cc1ccoc1CNC1CC1. The third kappa shape index (κ3) is 2.80. The second-order valence-corrected chi connectivity index (χ2v) is 7.22. The average molecular weight is 302 g/mol. The van der Waals surface area contributed by atoms with Crippen molar-refractivity contribution in [2.75, 3.05) is 6.54 Å². The minimum atomic E-state index is 0.513. The van der Waals surface area contributed by atoms with Crippen molar-refractivity contribution in [3.8, 4) is 0 Å². The number of hydrogen-bond acceptors (Lipinski definition) is 4. The number of fused-ring (bicyclic) bond motifs is 1. The number of furan rings is 1. The first-order valence-electron chi connectivity index (χ1n) is 7.90. The van der Waals surface area contributed by atoms with Crippen molar-refractivity contribution in [2.24, 2.45) is 0 Å². The van der Waals surface area contributed by atoms with Gasteiger partial charge in [-0.25, -0.2) is 0 Å². The number of thiophene rings is 1. The Balaban J connectivity index is 1.45. The number of nitrogens with one attached hydrogen (secondary N) is 1. The molecule has 1 aliphatic heterocycles. The van der Waals surface area contributed by atoms with E-state index in [1.165, 1.54) is 30.4 Å². The highest BCUT2D eigenvalue weighted by atomic mass is 32.1. The van der Waals surface area contributed by atoms with Crippen LogP contribution in [0.4, 0.5) is 0 Å². The summed E-state index contributed by atoms with van der Waals surface area (Å²) in [4.78, 5) is 4.14. The van der Waals surface area contributed by atoms with Crippen LogP contribution in [0.2, 0.25) is 0 Å². The summed E-state index contributed by atoms with van der Waals surface area (Å²) in [6.07, 6.45) is 5.66. The molecule has 2 aromatic heterocycles. The lowest BCUT2D eigenvalue weighted by Crippen LogP contribution is -2.33. The molecule has 1 atom stereocenters. The Hall–Kier alpha value is -1.10. The molecule has 1 fully saturated rings. The molecular formula is C17H22N2OS. The Morgan fingerprint density at radius 3 is 3.14 bits per heavy atom. The quantitative estimate of drug-likeness (QED) is 0.912. The number of hydrogen-bond donors (Lipinski definition) is 1. The van der Waals surface area contributed by atoms with Crippen LogP contribution in [0.15, 0.2) is 28.2 Å². The lowest BCUT2D eigenvalue weighted by Gasteiger charge is -2.33. The molecule has 0 saturated heterocycles. The van der Waals surface area contributed by atoms with Crippen LogP contribution in [0, 0.1) is 0 Å². The summed E-state index contributed by atoms with van der Waals surface area (Å²) in [5.41, 5.74) is 2.86. The Morgan fingerprint density at radius 1 is 1.38 bits per heavy atom. The van der Waals surface area contributed by atoms with E-state index in [1.807, 2.05) is 17.6 Å². The van der Waals surface area contributed by atoms with Gasteiger partial charge in [-0.15, -0.1) is 11.3 Å². The molecule has 0 amide bonds. The number of rotatable bonds is 5. The van der Waals surface area contributed by atoms with Gasteiger partial charge in [-0.05, 0) is 49.3 Å². The van der Waals surface area contributed by atoms with E-state index in [2.05, 4.69) is 34.7 Å². The standard InChI is InChI=1S/C17H22N2OS/c1-12-15-6-9-21-17(15)4-7-19(12)11-13-5-8-20-16(13)10-18-14-2-3-14/h5-6,8-9,12,14,18H,2-4,7,10-11H2,1H3. The molecule has 112 valence electrons. The van der Waals surface area contributed by atoms with E-state index in [-0.39, 0.29) is 0 Å². The normalized spacial score (nSPS) is 22.4. The first-order valence-corrected chi connectivity index (χ1v) is 8.78. The molecule has 3 nitrogen and oxygen atoms in total. The molecule has 4 heteroatoms. The van der Waals surface area contributed by atoms with E-state index in [4.69, 9.17) is 4.42 Å². The topological polar surface area (TPSA) is 28.4 Å². The first-order chi connectivity index (χ1) is 10.3. The van der Waals surface area contributed by atoms with Crippen LogP contribution in [0.1, 0.15) is 47.6 Å². The van der Waals surface area contributed by atoms with Gasteiger partial charge in [-0.1, -0.05) is 0 Å². The van der Waals surface area contributed by atoms with Gasteiger partial charge >= 0.3 is 0 Å². The molecule has 0 spiro atoms. The van der Waals surface area contributed by atoms with Gasteiger partial charge in [0.05, 0.1) is 12.8 Å². The van der Waals surface area contributed by atoms with Crippen molar-refractivity contribution in [2.45, 2.75) is 51.4 Å². The third-order valence-corrected chi connectivity index (χ3v) is 5.74. The molecule has 3 heterocycles. The molecule has 2 aromatic rings. The summed E-state index contributed by atoms with van der Waals surface area (Å²) >= 11 is 1.91. The molecule has 2 aliphatic rings. The summed E-state index contributed by atoms with van der Waals surface area (Å²) < 4.78 is 5.69. The Kier molecular flexibility index (Phi) is 3.61. The summed E-state index contributed by atoms with van der Waals surface area (Å²) in [5.74, 6) is 1.12. The van der Waals surface area contributed by atoms with Gasteiger partial charge in [-0.2, -0.15) is 0 Å². The molecule has 4 rings (SSSR count). The molecule has 1 N–H and O–H groups in total. The zero-order valence-corrected chi connectivity index (χ0v) is 13.3. The average Bonchev–Trinajstić information content (AvgIpc) is 3.01. The van der Waals surface area contributed by atoms with Gasteiger partial charge in [0.15, 0.2) is 0 Å². The maximum Gasteiger partial charge on any atom is 0.122 e. The van der Waals surface area contributed by atoms with Crippen molar-refractivity contribution >= 4 is 11.3 Å². The second kappa shape index (κ2) is 5.59.